The minimum atomic E-state index is 0.0480. The fourth-order valence-electron chi connectivity index (χ4n) is 2.78. The van der Waals surface area contributed by atoms with E-state index >= 15 is 0 Å². The number of carbonyl (C=O) groups excluding carboxylic acids is 1. The van der Waals surface area contributed by atoms with Gasteiger partial charge in [0, 0.05) is 5.92 Å². The molecule has 0 radical (unpaired) electrons. The minimum Gasteiger partial charge on any atom is -0.465 e. The standard InChI is InChI=1S/C9H10O2/c10-9-8-6-2-1-5(3-6)7(8)4-11-9/h1-2,5-8H,3-4H2/t5-,6-,7-,8+/m0/s1. The molecule has 0 spiro atoms. The second-order valence-electron chi connectivity index (χ2n) is 3.77. The minimum absolute atomic E-state index is 0.0480. The highest BCUT2D eigenvalue weighted by Gasteiger charge is 2.52. The van der Waals surface area contributed by atoms with Gasteiger partial charge in [0.1, 0.15) is 0 Å². The SMILES string of the molecule is O=C1OC[C@@H]2[C@H]1[C@H]1C=C[C@H]2C1. The van der Waals surface area contributed by atoms with Crippen molar-refractivity contribution in [3.63, 3.8) is 0 Å². The van der Waals surface area contributed by atoms with Crippen LogP contribution in [-0.2, 0) is 9.53 Å². The Labute approximate surface area is 65.2 Å². The summed E-state index contributed by atoms with van der Waals surface area (Å²) in [5.74, 6) is 1.96. The van der Waals surface area contributed by atoms with Gasteiger partial charge in [-0.25, -0.2) is 0 Å². The first-order valence-electron chi connectivity index (χ1n) is 4.21. The third-order valence-electron chi connectivity index (χ3n) is 3.31. The van der Waals surface area contributed by atoms with Crippen molar-refractivity contribution in [3.05, 3.63) is 12.2 Å². The Morgan fingerprint density at radius 3 is 3.00 bits per heavy atom. The predicted octanol–water partition coefficient (Wildman–Crippen LogP) is 0.982. The Balaban J connectivity index is 2.03. The molecule has 0 amide bonds. The van der Waals surface area contributed by atoms with Crippen molar-refractivity contribution in [2.75, 3.05) is 6.61 Å². The number of allylic oxidation sites excluding steroid dienone is 2. The fourth-order valence-corrected chi connectivity index (χ4v) is 2.78. The van der Waals surface area contributed by atoms with E-state index in [1.165, 1.54) is 6.42 Å². The highest BCUT2D eigenvalue weighted by Crippen LogP contribution is 2.50. The van der Waals surface area contributed by atoms with Gasteiger partial charge in [-0.05, 0) is 18.3 Å². The van der Waals surface area contributed by atoms with E-state index in [1.807, 2.05) is 0 Å². The number of rotatable bonds is 0. The van der Waals surface area contributed by atoms with Crippen LogP contribution in [0.2, 0.25) is 0 Å². The van der Waals surface area contributed by atoms with Gasteiger partial charge in [-0.15, -0.1) is 0 Å². The molecule has 2 aliphatic carbocycles. The first kappa shape index (κ1) is 5.81. The summed E-state index contributed by atoms with van der Waals surface area (Å²) in [6.45, 7) is 0.676. The van der Waals surface area contributed by atoms with E-state index in [9.17, 15) is 4.79 Å². The van der Waals surface area contributed by atoms with Gasteiger partial charge in [-0.2, -0.15) is 0 Å². The molecular weight excluding hydrogens is 140 g/mol. The zero-order valence-corrected chi connectivity index (χ0v) is 6.19. The number of fused-ring (bicyclic) bond motifs is 5. The lowest BCUT2D eigenvalue weighted by Gasteiger charge is -2.14. The second-order valence-corrected chi connectivity index (χ2v) is 3.77. The van der Waals surface area contributed by atoms with Gasteiger partial charge < -0.3 is 4.74 Å². The van der Waals surface area contributed by atoms with E-state index in [-0.39, 0.29) is 11.9 Å². The molecule has 1 saturated carbocycles. The predicted molar refractivity (Wildman–Crippen MR) is 38.7 cm³/mol. The molecule has 11 heavy (non-hydrogen) atoms. The van der Waals surface area contributed by atoms with Crippen molar-refractivity contribution >= 4 is 5.97 Å². The molecule has 0 unspecified atom stereocenters. The molecule has 1 heterocycles. The molecule has 4 atom stereocenters. The summed E-state index contributed by atoms with van der Waals surface area (Å²) in [4.78, 5) is 11.2. The molecular formula is C9H10O2. The Morgan fingerprint density at radius 2 is 2.18 bits per heavy atom. The lowest BCUT2D eigenvalue weighted by atomic mass is 9.86. The first-order chi connectivity index (χ1) is 5.36. The van der Waals surface area contributed by atoms with E-state index in [0.717, 1.165) is 0 Å². The van der Waals surface area contributed by atoms with Gasteiger partial charge in [0.05, 0.1) is 12.5 Å². The van der Waals surface area contributed by atoms with Crippen LogP contribution in [0.25, 0.3) is 0 Å². The number of hydrogen-bond donors (Lipinski definition) is 0. The van der Waals surface area contributed by atoms with Crippen LogP contribution in [0.3, 0.4) is 0 Å². The van der Waals surface area contributed by atoms with Crippen LogP contribution in [0.1, 0.15) is 6.42 Å². The Bertz CT molecular complexity index is 244. The molecule has 1 aliphatic heterocycles. The van der Waals surface area contributed by atoms with Gasteiger partial charge >= 0.3 is 5.97 Å². The third-order valence-corrected chi connectivity index (χ3v) is 3.31. The number of ether oxygens (including phenoxy) is 1. The van der Waals surface area contributed by atoms with E-state index in [4.69, 9.17) is 4.74 Å². The maximum absolute atomic E-state index is 11.2. The molecule has 0 aromatic carbocycles. The lowest BCUT2D eigenvalue weighted by molar-refractivity contribution is -0.142. The number of carbonyl (C=O) groups is 1. The van der Waals surface area contributed by atoms with E-state index in [1.54, 1.807) is 0 Å². The smallest absolute Gasteiger partial charge is 0.309 e. The van der Waals surface area contributed by atoms with Crippen molar-refractivity contribution in [3.8, 4) is 0 Å². The molecule has 0 aromatic heterocycles. The summed E-state index contributed by atoms with van der Waals surface area (Å²) in [5, 5.41) is 0. The van der Waals surface area contributed by atoms with Crippen LogP contribution < -0.4 is 0 Å². The Hall–Kier alpha value is -0.790. The maximum atomic E-state index is 11.2. The zero-order chi connectivity index (χ0) is 7.42. The van der Waals surface area contributed by atoms with E-state index in [0.29, 0.717) is 24.4 Å². The zero-order valence-electron chi connectivity index (χ0n) is 6.19. The summed E-state index contributed by atoms with van der Waals surface area (Å²) < 4.78 is 5.02. The summed E-state index contributed by atoms with van der Waals surface area (Å²) in [6.07, 6.45) is 5.65. The molecule has 2 heteroatoms. The van der Waals surface area contributed by atoms with Gasteiger partial charge in [0.15, 0.2) is 0 Å². The summed E-state index contributed by atoms with van der Waals surface area (Å²) >= 11 is 0. The van der Waals surface area contributed by atoms with E-state index in [2.05, 4.69) is 12.2 Å². The van der Waals surface area contributed by atoms with Crippen LogP contribution in [-0.4, -0.2) is 12.6 Å². The van der Waals surface area contributed by atoms with Gasteiger partial charge in [0.2, 0.25) is 0 Å². The average molecular weight is 150 g/mol. The van der Waals surface area contributed by atoms with Crippen molar-refractivity contribution in [1.82, 2.24) is 0 Å². The van der Waals surface area contributed by atoms with E-state index < -0.39 is 0 Å². The molecule has 2 fully saturated rings. The fraction of sp³-hybridized carbons (Fsp3) is 0.667. The van der Waals surface area contributed by atoms with Crippen LogP contribution in [0.4, 0.5) is 0 Å². The van der Waals surface area contributed by atoms with Crippen LogP contribution in [0.15, 0.2) is 12.2 Å². The molecule has 58 valence electrons. The van der Waals surface area contributed by atoms with Gasteiger partial charge in [0.25, 0.3) is 0 Å². The van der Waals surface area contributed by atoms with Crippen molar-refractivity contribution in [1.29, 1.82) is 0 Å². The van der Waals surface area contributed by atoms with Crippen molar-refractivity contribution < 1.29 is 9.53 Å². The summed E-state index contributed by atoms with van der Waals surface area (Å²) in [5.41, 5.74) is 0. The van der Waals surface area contributed by atoms with Crippen molar-refractivity contribution in [2.24, 2.45) is 23.7 Å². The number of esters is 1. The monoisotopic (exact) mass is 150 g/mol. The first-order valence-corrected chi connectivity index (χ1v) is 4.21. The lowest BCUT2D eigenvalue weighted by Crippen LogP contribution is -2.19. The molecule has 0 aromatic rings. The number of cyclic esters (lactones) is 1. The van der Waals surface area contributed by atoms with Crippen molar-refractivity contribution in [2.45, 2.75) is 6.42 Å². The highest BCUT2D eigenvalue weighted by molar-refractivity contribution is 5.76. The molecule has 1 saturated heterocycles. The van der Waals surface area contributed by atoms with Crippen LogP contribution >= 0.6 is 0 Å². The number of hydrogen-bond acceptors (Lipinski definition) is 2. The average Bonchev–Trinajstić information content (AvgIpc) is 2.60. The topological polar surface area (TPSA) is 26.3 Å². The molecule has 2 nitrogen and oxygen atoms in total. The molecule has 2 bridgehead atoms. The van der Waals surface area contributed by atoms with Gasteiger partial charge in [-0.1, -0.05) is 12.2 Å². The molecule has 3 rings (SSSR count). The molecule has 0 N–H and O–H groups in total. The Morgan fingerprint density at radius 1 is 1.36 bits per heavy atom. The largest absolute Gasteiger partial charge is 0.465 e. The second kappa shape index (κ2) is 1.68. The molecule has 3 aliphatic rings. The quantitative estimate of drug-likeness (QED) is 0.380. The van der Waals surface area contributed by atoms with Crippen LogP contribution in [0, 0.1) is 23.7 Å². The highest BCUT2D eigenvalue weighted by atomic mass is 16.5. The summed E-state index contributed by atoms with van der Waals surface area (Å²) in [6, 6.07) is 0. The third kappa shape index (κ3) is 0.561. The Kier molecular flexibility index (Phi) is 0.888. The maximum Gasteiger partial charge on any atom is 0.309 e. The normalized spacial score (nSPS) is 51.5. The summed E-state index contributed by atoms with van der Waals surface area (Å²) in [7, 11) is 0. The van der Waals surface area contributed by atoms with Gasteiger partial charge in [-0.3, -0.25) is 4.79 Å². The van der Waals surface area contributed by atoms with Crippen LogP contribution in [0.5, 0.6) is 0 Å².